The van der Waals surface area contributed by atoms with Crippen molar-refractivity contribution < 1.29 is 18.8 Å². The van der Waals surface area contributed by atoms with Crippen molar-refractivity contribution in [2.24, 2.45) is 5.92 Å². The molecule has 7 nitrogen and oxygen atoms in total. The quantitative estimate of drug-likeness (QED) is 0.711. The molecule has 1 aliphatic carbocycles. The number of amides is 1. The van der Waals surface area contributed by atoms with E-state index in [1.54, 1.807) is 7.11 Å². The van der Waals surface area contributed by atoms with Crippen molar-refractivity contribution in [1.82, 2.24) is 15.0 Å². The zero-order chi connectivity index (χ0) is 16.8. The second-order valence-corrected chi connectivity index (χ2v) is 6.62. The molecule has 1 atom stereocenters. The third-order valence-electron chi connectivity index (χ3n) is 4.93. The predicted octanol–water partition coefficient (Wildman–Crippen LogP) is 2.48. The van der Waals surface area contributed by atoms with E-state index in [9.17, 15) is 4.79 Å². The van der Waals surface area contributed by atoms with Gasteiger partial charge in [-0.05, 0) is 25.7 Å². The highest BCUT2D eigenvalue weighted by molar-refractivity contribution is 5.79. The summed E-state index contributed by atoms with van der Waals surface area (Å²) in [5.41, 5.74) is 0. The van der Waals surface area contributed by atoms with E-state index in [-0.39, 0.29) is 24.5 Å². The van der Waals surface area contributed by atoms with Crippen LogP contribution in [-0.2, 0) is 20.9 Å². The fourth-order valence-electron chi connectivity index (χ4n) is 3.65. The standard InChI is InChI=1S/C17H27N3O4/c1-22-10-11-23-12-15-18-16(19-24-15)14-8-5-9-20(14)17(21)13-6-3-2-4-7-13/h13-14H,2-12H2,1H3. The molecule has 1 saturated carbocycles. The summed E-state index contributed by atoms with van der Waals surface area (Å²) in [5, 5.41) is 4.08. The number of nitrogens with zero attached hydrogens (tertiary/aromatic N) is 3. The van der Waals surface area contributed by atoms with E-state index in [0.717, 1.165) is 32.2 Å². The third-order valence-corrected chi connectivity index (χ3v) is 4.93. The van der Waals surface area contributed by atoms with Gasteiger partial charge < -0.3 is 18.9 Å². The number of ether oxygens (including phenoxy) is 2. The van der Waals surface area contributed by atoms with Gasteiger partial charge in [0.2, 0.25) is 5.91 Å². The van der Waals surface area contributed by atoms with Crippen LogP contribution in [0.25, 0.3) is 0 Å². The van der Waals surface area contributed by atoms with E-state index in [1.165, 1.54) is 19.3 Å². The maximum absolute atomic E-state index is 12.8. The van der Waals surface area contributed by atoms with E-state index < -0.39 is 0 Å². The summed E-state index contributed by atoms with van der Waals surface area (Å²) in [7, 11) is 1.63. The Morgan fingerprint density at radius 3 is 2.83 bits per heavy atom. The minimum absolute atomic E-state index is 0.0455. The minimum Gasteiger partial charge on any atom is -0.382 e. The van der Waals surface area contributed by atoms with Crippen LogP contribution in [0.3, 0.4) is 0 Å². The Kier molecular flexibility index (Phi) is 6.20. The summed E-state index contributed by atoms with van der Waals surface area (Å²) in [6, 6.07) is -0.0455. The number of carbonyl (C=O) groups is 1. The van der Waals surface area contributed by atoms with Gasteiger partial charge in [-0.15, -0.1) is 0 Å². The molecule has 2 aliphatic rings. The van der Waals surface area contributed by atoms with E-state index in [0.29, 0.717) is 24.9 Å². The summed E-state index contributed by atoms with van der Waals surface area (Å²) in [6.07, 6.45) is 7.53. The summed E-state index contributed by atoms with van der Waals surface area (Å²) in [4.78, 5) is 19.2. The zero-order valence-corrected chi connectivity index (χ0v) is 14.4. The highest BCUT2D eigenvalue weighted by Crippen LogP contribution is 2.34. The molecule has 1 saturated heterocycles. The highest BCUT2D eigenvalue weighted by atomic mass is 16.5. The Hall–Kier alpha value is -1.47. The van der Waals surface area contributed by atoms with Crippen molar-refractivity contribution in [3.05, 3.63) is 11.7 Å². The Bertz CT molecular complexity index is 528. The molecule has 1 amide bonds. The van der Waals surface area contributed by atoms with Crippen LogP contribution in [0, 0.1) is 5.92 Å². The molecule has 1 unspecified atom stereocenters. The van der Waals surface area contributed by atoms with E-state index >= 15 is 0 Å². The van der Waals surface area contributed by atoms with Gasteiger partial charge >= 0.3 is 0 Å². The number of carbonyl (C=O) groups excluding carboxylic acids is 1. The van der Waals surface area contributed by atoms with Crippen molar-refractivity contribution in [3.8, 4) is 0 Å². The van der Waals surface area contributed by atoms with Crippen LogP contribution < -0.4 is 0 Å². The van der Waals surface area contributed by atoms with Crippen LogP contribution in [0.15, 0.2) is 4.52 Å². The largest absolute Gasteiger partial charge is 0.382 e. The minimum atomic E-state index is -0.0455. The fourth-order valence-corrected chi connectivity index (χ4v) is 3.65. The van der Waals surface area contributed by atoms with Crippen LogP contribution in [0.1, 0.15) is 62.7 Å². The topological polar surface area (TPSA) is 77.7 Å². The van der Waals surface area contributed by atoms with Gasteiger partial charge in [0.05, 0.1) is 19.3 Å². The van der Waals surface area contributed by atoms with Crippen LogP contribution >= 0.6 is 0 Å². The van der Waals surface area contributed by atoms with Gasteiger partial charge in [-0.1, -0.05) is 24.4 Å². The first kappa shape index (κ1) is 17.4. The van der Waals surface area contributed by atoms with Gasteiger partial charge in [-0.25, -0.2) is 0 Å². The monoisotopic (exact) mass is 337 g/mol. The molecule has 1 aromatic rings. The average Bonchev–Trinajstić information content (AvgIpc) is 3.28. The smallest absolute Gasteiger partial charge is 0.252 e. The van der Waals surface area contributed by atoms with Crippen molar-refractivity contribution in [2.75, 3.05) is 26.9 Å². The lowest BCUT2D eigenvalue weighted by Crippen LogP contribution is -2.36. The summed E-state index contributed by atoms with van der Waals surface area (Å²) < 4.78 is 15.6. The van der Waals surface area contributed by atoms with Gasteiger partial charge in [0.1, 0.15) is 6.61 Å². The van der Waals surface area contributed by atoms with Crippen molar-refractivity contribution in [3.63, 3.8) is 0 Å². The molecule has 2 heterocycles. The Balaban J connectivity index is 1.58. The van der Waals surface area contributed by atoms with Crippen molar-refractivity contribution in [2.45, 2.75) is 57.6 Å². The van der Waals surface area contributed by atoms with E-state index in [2.05, 4.69) is 10.1 Å². The van der Waals surface area contributed by atoms with Gasteiger partial charge in [0.25, 0.3) is 5.89 Å². The van der Waals surface area contributed by atoms with Crippen molar-refractivity contribution >= 4 is 5.91 Å². The average molecular weight is 337 g/mol. The van der Waals surface area contributed by atoms with Gasteiger partial charge in [0.15, 0.2) is 5.82 Å². The zero-order valence-electron chi connectivity index (χ0n) is 14.4. The van der Waals surface area contributed by atoms with Crippen LogP contribution in [-0.4, -0.2) is 47.8 Å². The maximum Gasteiger partial charge on any atom is 0.252 e. The molecule has 3 rings (SSSR count). The van der Waals surface area contributed by atoms with Crippen LogP contribution in [0.4, 0.5) is 0 Å². The Morgan fingerprint density at radius 1 is 1.21 bits per heavy atom. The van der Waals surface area contributed by atoms with Gasteiger partial charge in [-0.2, -0.15) is 4.98 Å². The number of hydrogen-bond donors (Lipinski definition) is 0. The molecule has 0 aromatic carbocycles. The van der Waals surface area contributed by atoms with Crippen LogP contribution in [0.5, 0.6) is 0 Å². The molecular formula is C17H27N3O4. The Morgan fingerprint density at radius 2 is 2.04 bits per heavy atom. The fraction of sp³-hybridized carbons (Fsp3) is 0.824. The number of methoxy groups -OCH3 is 1. The third kappa shape index (κ3) is 4.13. The van der Waals surface area contributed by atoms with Gasteiger partial charge in [0, 0.05) is 19.6 Å². The summed E-state index contributed by atoms with van der Waals surface area (Å²) in [5.74, 6) is 1.53. The molecule has 134 valence electrons. The van der Waals surface area contributed by atoms with Gasteiger partial charge in [-0.3, -0.25) is 4.79 Å². The second-order valence-electron chi connectivity index (χ2n) is 6.62. The highest BCUT2D eigenvalue weighted by Gasteiger charge is 2.36. The molecule has 0 spiro atoms. The molecule has 0 radical (unpaired) electrons. The maximum atomic E-state index is 12.8. The molecule has 1 aromatic heterocycles. The number of hydrogen-bond acceptors (Lipinski definition) is 6. The summed E-state index contributed by atoms with van der Waals surface area (Å²) >= 11 is 0. The molecule has 2 fully saturated rings. The first-order chi connectivity index (χ1) is 11.8. The number of aromatic nitrogens is 2. The lowest BCUT2D eigenvalue weighted by molar-refractivity contribution is -0.137. The lowest BCUT2D eigenvalue weighted by atomic mass is 9.88. The molecule has 0 N–H and O–H groups in total. The summed E-state index contributed by atoms with van der Waals surface area (Å²) in [6.45, 7) is 2.10. The van der Waals surface area contributed by atoms with E-state index in [4.69, 9.17) is 14.0 Å². The molecule has 24 heavy (non-hydrogen) atoms. The molecule has 7 heteroatoms. The molecular weight excluding hydrogens is 310 g/mol. The lowest BCUT2D eigenvalue weighted by Gasteiger charge is -2.29. The van der Waals surface area contributed by atoms with E-state index in [1.807, 2.05) is 4.90 Å². The van der Waals surface area contributed by atoms with Crippen molar-refractivity contribution in [1.29, 1.82) is 0 Å². The van der Waals surface area contributed by atoms with Crippen LogP contribution in [0.2, 0.25) is 0 Å². The Labute approximate surface area is 142 Å². The second kappa shape index (κ2) is 8.58. The number of likely N-dealkylation sites (tertiary alicyclic amines) is 1. The molecule has 1 aliphatic heterocycles. The predicted molar refractivity (Wildman–Crippen MR) is 86.1 cm³/mol. The number of rotatable bonds is 7. The first-order valence-electron chi connectivity index (χ1n) is 8.99. The first-order valence-corrected chi connectivity index (χ1v) is 8.99. The molecule has 0 bridgehead atoms. The SMILES string of the molecule is COCCOCc1nc(C2CCCN2C(=O)C2CCCCC2)no1. The normalized spacial score (nSPS) is 22.2.